The van der Waals surface area contributed by atoms with E-state index in [-0.39, 0.29) is 0 Å². The normalized spacial score (nSPS) is 10.1. The van der Waals surface area contributed by atoms with E-state index in [1.807, 2.05) is 18.2 Å². The Hall–Kier alpha value is 0.160. The summed E-state index contributed by atoms with van der Waals surface area (Å²) in [4.78, 5) is 0. The minimum atomic E-state index is 0.607. The van der Waals surface area contributed by atoms with Crippen molar-refractivity contribution in [1.82, 2.24) is 5.43 Å². The molecule has 0 aliphatic rings. The summed E-state index contributed by atoms with van der Waals surface area (Å²) in [5.41, 5.74) is 3.59. The van der Waals surface area contributed by atoms with Gasteiger partial charge in [0.15, 0.2) is 0 Å². The van der Waals surface area contributed by atoms with Gasteiger partial charge in [-0.15, -0.1) is 0 Å². The second kappa shape index (κ2) is 4.25. The summed E-state index contributed by atoms with van der Waals surface area (Å²) in [5, 5.41) is 0.783. The van der Waals surface area contributed by atoms with Crippen molar-refractivity contribution >= 4 is 34.2 Å². The summed E-state index contributed by atoms with van der Waals surface area (Å²) in [6.07, 6.45) is 0. The lowest BCUT2D eigenvalue weighted by Gasteiger charge is -2.03. The second-order valence-corrected chi connectivity index (χ2v) is 3.63. The van der Waals surface area contributed by atoms with Gasteiger partial charge in [-0.25, -0.2) is 0 Å². The van der Waals surface area contributed by atoms with E-state index in [0.29, 0.717) is 6.54 Å². The molecular formula is C7H8ClIN2. The molecule has 0 fully saturated rings. The Bertz CT molecular complexity index is 252. The van der Waals surface area contributed by atoms with Crippen molar-refractivity contribution < 1.29 is 0 Å². The molecule has 0 bridgehead atoms. The first-order valence-electron chi connectivity index (χ1n) is 3.12. The van der Waals surface area contributed by atoms with Gasteiger partial charge in [0.2, 0.25) is 0 Å². The zero-order chi connectivity index (χ0) is 8.27. The molecule has 1 rings (SSSR count). The molecule has 0 radical (unpaired) electrons. The number of nitrogens with one attached hydrogen (secondary N) is 1. The molecule has 0 aromatic heterocycles. The van der Waals surface area contributed by atoms with Crippen LogP contribution in [0.15, 0.2) is 18.2 Å². The summed E-state index contributed by atoms with van der Waals surface area (Å²) in [6, 6.07) is 5.87. The summed E-state index contributed by atoms with van der Waals surface area (Å²) in [7, 11) is 0. The summed E-state index contributed by atoms with van der Waals surface area (Å²) in [6.45, 7) is 0.607. The highest BCUT2D eigenvalue weighted by molar-refractivity contribution is 14.1. The molecule has 0 aliphatic carbocycles. The van der Waals surface area contributed by atoms with Crippen LogP contribution < -0.4 is 11.3 Å². The quantitative estimate of drug-likeness (QED) is 0.494. The fraction of sp³-hybridized carbons (Fsp3) is 0.143. The van der Waals surface area contributed by atoms with E-state index in [2.05, 4.69) is 28.0 Å². The maximum Gasteiger partial charge on any atom is 0.0584 e. The molecule has 11 heavy (non-hydrogen) atoms. The van der Waals surface area contributed by atoms with Crippen molar-refractivity contribution in [1.29, 1.82) is 0 Å². The van der Waals surface area contributed by atoms with Crippen LogP contribution in [-0.2, 0) is 6.54 Å². The Morgan fingerprint density at radius 3 is 2.91 bits per heavy atom. The van der Waals surface area contributed by atoms with Crippen LogP contribution in [0.5, 0.6) is 0 Å². The third-order valence-electron chi connectivity index (χ3n) is 1.32. The first kappa shape index (κ1) is 9.25. The third-order valence-corrected chi connectivity index (χ3v) is 2.99. The molecule has 0 unspecified atom stereocenters. The number of hydrazine groups is 1. The third kappa shape index (κ3) is 2.30. The summed E-state index contributed by atoms with van der Waals surface area (Å²) < 4.78 is 1.05. The van der Waals surface area contributed by atoms with Crippen LogP contribution in [0.3, 0.4) is 0 Å². The molecule has 60 valence electrons. The molecular weight excluding hydrogens is 274 g/mol. The monoisotopic (exact) mass is 282 g/mol. The highest BCUT2D eigenvalue weighted by Crippen LogP contribution is 2.22. The van der Waals surface area contributed by atoms with Gasteiger partial charge in [-0.1, -0.05) is 23.7 Å². The SMILES string of the molecule is NNCc1cccc(I)c1Cl. The maximum absolute atomic E-state index is 5.97. The van der Waals surface area contributed by atoms with Gasteiger partial charge in [-0.2, -0.15) is 0 Å². The fourth-order valence-corrected chi connectivity index (χ4v) is 1.54. The molecule has 3 N–H and O–H groups in total. The Labute approximate surface area is 84.2 Å². The Morgan fingerprint density at radius 1 is 1.55 bits per heavy atom. The molecule has 1 aromatic rings. The zero-order valence-corrected chi connectivity index (χ0v) is 8.69. The van der Waals surface area contributed by atoms with Crippen molar-refractivity contribution in [3.63, 3.8) is 0 Å². The second-order valence-electron chi connectivity index (χ2n) is 2.09. The van der Waals surface area contributed by atoms with E-state index in [4.69, 9.17) is 17.4 Å². The molecule has 0 aliphatic heterocycles. The number of rotatable bonds is 2. The van der Waals surface area contributed by atoms with Crippen molar-refractivity contribution in [2.45, 2.75) is 6.54 Å². The zero-order valence-electron chi connectivity index (χ0n) is 5.77. The molecule has 0 atom stereocenters. The molecule has 2 nitrogen and oxygen atoms in total. The number of benzene rings is 1. The van der Waals surface area contributed by atoms with Crippen LogP contribution in [0.25, 0.3) is 0 Å². The van der Waals surface area contributed by atoms with Gasteiger partial charge in [-0.05, 0) is 34.2 Å². The number of hydrogen-bond acceptors (Lipinski definition) is 2. The van der Waals surface area contributed by atoms with Gasteiger partial charge in [0, 0.05) is 10.1 Å². The Balaban J connectivity index is 2.96. The molecule has 4 heteroatoms. The molecule has 0 spiro atoms. The van der Waals surface area contributed by atoms with Crippen LogP contribution in [0.4, 0.5) is 0 Å². The van der Waals surface area contributed by atoms with Crippen molar-refractivity contribution in [2.24, 2.45) is 5.84 Å². The van der Waals surface area contributed by atoms with E-state index in [1.54, 1.807) is 0 Å². The van der Waals surface area contributed by atoms with E-state index < -0.39 is 0 Å². The lowest BCUT2D eigenvalue weighted by atomic mass is 10.2. The minimum Gasteiger partial charge on any atom is -0.271 e. The lowest BCUT2D eigenvalue weighted by Crippen LogP contribution is -2.21. The van der Waals surface area contributed by atoms with E-state index in [0.717, 1.165) is 14.2 Å². The van der Waals surface area contributed by atoms with E-state index in [1.165, 1.54) is 0 Å². The predicted molar refractivity (Wildman–Crippen MR) is 55.2 cm³/mol. The highest BCUT2D eigenvalue weighted by atomic mass is 127. The predicted octanol–water partition coefficient (Wildman–Crippen LogP) is 1.91. The van der Waals surface area contributed by atoms with Gasteiger partial charge >= 0.3 is 0 Å². The summed E-state index contributed by atoms with van der Waals surface area (Å²) in [5.74, 6) is 5.17. The number of halogens is 2. The molecule has 0 saturated carbocycles. The number of hydrogen-bond donors (Lipinski definition) is 2. The smallest absolute Gasteiger partial charge is 0.0584 e. The van der Waals surface area contributed by atoms with Crippen molar-refractivity contribution in [2.75, 3.05) is 0 Å². The molecule has 0 saturated heterocycles. The van der Waals surface area contributed by atoms with Gasteiger partial charge in [0.25, 0.3) is 0 Å². The largest absolute Gasteiger partial charge is 0.271 e. The number of nitrogens with two attached hydrogens (primary N) is 1. The topological polar surface area (TPSA) is 38.0 Å². The van der Waals surface area contributed by atoms with Gasteiger partial charge in [-0.3, -0.25) is 11.3 Å². The van der Waals surface area contributed by atoms with Crippen LogP contribution in [0.2, 0.25) is 5.02 Å². The maximum atomic E-state index is 5.97. The van der Waals surface area contributed by atoms with Crippen molar-refractivity contribution in [3.8, 4) is 0 Å². The van der Waals surface area contributed by atoms with Gasteiger partial charge < -0.3 is 0 Å². The van der Waals surface area contributed by atoms with Gasteiger partial charge in [0.05, 0.1) is 5.02 Å². The van der Waals surface area contributed by atoms with Crippen LogP contribution in [-0.4, -0.2) is 0 Å². The summed E-state index contributed by atoms with van der Waals surface area (Å²) >= 11 is 8.16. The fourth-order valence-electron chi connectivity index (χ4n) is 0.795. The lowest BCUT2D eigenvalue weighted by molar-refractivity contribution is 0.741. The minimum absolute atomic E-state index is 0.607. The first-order valence-corrected chi connectivity index (χ1v) is 4.57. The van der Waals surface area contributed by atoms with Crippen LogP contribution in [0.1, 0.15) is 5.56 Å². The highest BCUT2D eigenvalue weighted by Gasteiger charge is 2.01. The molecule has 0 amide bonds. The van der Waals surface area contributed by atoms with Crippen molar-refractivity contribution in [3.05, 3.63) is 32.4 Å². The Morgan fingerprint density at radius 2 is 2.27 bits per heavy atom. The average molecular weight is 283 g/mol. The molecule has 1 aromatic carbocycles. The average Bonchev–Trinajstić information content (AvgIpc) is 1.99. The van der Waals surface area contributed by atoms with E-state index in [9.17, 15) is 0 Å². The first-order chi connectivity index (χ1) is 5.25. The van der Waals surface area contributed by atoms with E-state index >= 15 is 0 Å². The van der Waals surface area contributed by atoms with Crippen LogP contribution >= 0.6 is 34.2 Å². The van der Waals surface area contributed by atoms with Crippen LogP contribution in [0, 0.1) is 3.57 Å². The Kier molecular flexibility index (Phi) is 3.58. The molecule has 0 heterocycles. The van der Waals surface area contributed by atoms with Gasteiger partial charge in [0.1, 0.15) is 0 Å². The standard InChI is InChI=1S/C7H8ClIN2/c8-7-5(4-11-10)2-1-3-6(7)9/h1-3,11H,4,10H2.